The molecule has 1 fully saturated rings. The monoisotopic (exact) mass is 309 g/mol. The first-order valence-electron chi connectivity index (χ1n) is 7.15. The predicted octanol–water partition coefficient (Wildman–Crippen LogP) is 0.0843. The highest BCUT2D eigenvalue weighted by molar-refractivity contribution is 7.89. The van der Waals surface area contributed by atoms with E-state index >= 15 is 0 Å². The molecule has 1 saturated heterocycles. The Bertz CT molecular complexity index is 664. The van der Waals surface area contributed by atoms with Gasteiger partial charge in [0, 0.05) is 31.2 Å². The fourth-order valence-electron chi connectivity index (χ4n) is 2.82. The normalized spacial score (nSPS) is 20.9. The predicted molar refractivity (Wildman–Crippen MR) is 78.4 cm³/mol. The Labute approximate surface area is 124 Å². The van der Waals surface area contributed by atoms with Gasteiger partial charge in [0.15, 0.2) is 0 Å². The molecule has 0 aliphatic carbocycles. The van der Waals surface area contributed by atoms with Crippen LogP contribution in [-0.2, 0) is 16.4 Å². The molecule has 0 bridgehead atoms. The number of nitrogens with two attached hydrogens (primary N) is 1. The number of fused-ring (bicyclic) bond motifs is 1. The molecule has 0 radical (unpaired) electrons. The topological polar surface area (TPSA) is 92.5 Å². The van der Waals surface area contributed by atoms with Gasteiger partial charge in [-0.2, -0.15) is 4.31 Å². The van der Waals surface area contributed by atoms with Gasteiger partial charge < -0.3 is 11.1 Å². The first-order valence-corrected chi connectivity index (χ1v) is 8.59. The quantitative estimate of drug-likeness (QED) is 0.809. The summed E-state index contributed by atoms with van der Waals surface area (Å²) in [5, 5.41) is 2.74. The molecule has 1 amide bonds. The van der Waals surface area contributed by atoms with Crippen LogP contribution >= 0.6 is 0 Å². The number of hydrogen-bond donors (Lipinski definition) is 2. The summed E-state index contributed by atoms with van der Waals surface area (Å²) in [5.41, 5.74) is 7.18. The number of benzene rings is 1. The molecule has 0 saturated carbocycles. The van der Waals surface area contributed by atoms with Crippen LogP contribution < -0.4 is 11.1 Å². The molecule has 2 aliphatic rings. The van der Waals surface area contributed by atoms with Gasteiger partial charge >= 0.3 is 0 Å². The Kier molecular flexibility index (Phi) is 3.73. The van der Waals surface area contributed by atoms with Crippen molar-refractivity contribution in [3.05, 3.63) is 29.3 Å². The minimum atomic E-state index is -3.54. The van der Waals surface area contributed by atoms with E-state index in [0.717, 1.165) is 12.0 Å². The number of carbonyl (C=O) groups is 1. The molecule has 1 aromatic carbocycles. The van der Waals surface area contributed by atoms with E-state index in [9.17, 15) is 13.2 Å². The van der Waals surface area contributed by atoms with Crippen molar-refractivity contribution >= 4 is 15.9 Å². The van der Waals surface area contributed by atoms with Gasteiger partial charge in [-0.25, -0.2) is 8.42 Å². The van der Waals surface area contributed by atoms with E-state index in [0.29, 0.717) is 38.0 Å². The fraction of sp³-hybridized carbons (Fsp3) is 0.500. The highest BCUT2D eigenvalue weighted by atomic mass is 32.2. The van der Waals surface area contributed by atoms with E-state index in [1.165, 1.54) is 10.4 Å². The van der Waals surface area contributed by atoms with E-state index in [2.05, 4.69) is 5.32 Å². The number of nitrogens with one attached hydrogen (secondary N) is 1. The van der Waals surface area contributed by atoms with E-state index in [4.69, 9.17) is 5.73 Å². The lowest BCUT2D eigenvalue weighted by molar-refractivity contribution is 0.0945. The lowest BCUT2D eigenvalue weighted by Crippen LogP contribution is -2.42. The largest absolute Gasteiger partial charge is 0.352 e. The Balaban J connectivity index is 1.92. The molecule has 6 nitrogen and oxygen atoms in total. The summed E-state index contributed by atoms with van der Waals surface area (Å²) in [4.78, 5) is 12.0. The zero-order chi connectivity index (χ0) is 15.0. The van der Waals surface area contributed by atoms with E-state index < -0.39 is 10.0 Å². The van der Waals surface area contributed by atoms with Crippen LogP contribution in [0, 0.1) is 0 Å². The zero-order valence-corrected chi connectivity index (χ0v) is 12.5. The van der Waals surface area contributed by atoms with Gasteiger partial charge in [0.25, 0.3) is 5.91 Å². The van der Waals surface area contributed by atoms with Crippen LogP contribution in [0.4, 0.5) is 0 Å². The molecule has 2 heterocycles. The number of rotatable bonds is 2. The SMILES string of the molecule is NC1CCN(S(=O)(=O)c2ccc3c(c2)C(=O)NCC3)CC1. The minimum Gasteiger partial charge on any atom is -0.352 e. The van der Waals surface area contributed by atoms with Crippen LogP contribution in [0.1, 0.15) is 28.8 Å². The van der Waals surface area contributed by atoms with Crippen molar-refractivity contribution in [2.75, 3.05) is 19.6 Å². The van der Waals surface area contributed by atoms with Crippen LogP contribution in [0.25, 0.3) is 0 Å². The number of carbonyl (C=O) groups excluding carboxylic acids is 1. The van der Waals surface area contributed by atoms with Crippen LogP contribution in [-0.4, -0.2) is 44.3 Å². The molecule has 0 aromatic heterocycles. The second-order valence-corrected chi connectivity index (χ2v) is 7.50. The summed E-state index contributed by atoms with van der Waals surface area (Å²) in [6, 6.07) is 4.91. The van der Waals surface area contributed by atoms with Crippen LogP contribution in [0.15, 0.2) is 23.1 Å². The summed E-state index contributed by atoms with van der Waals surface area (Å²) in [5.74, 6) is -0.200. The summed E-state index contributed by atoms with van der Waals surface area (Å²) >= 11 is 0. The number of piperidine rings is 1. The second-order valence-electron chi connectivity index (χ2n) is 5.57. The van der Waals surface area contributed by atoms with Gasteiger partial charge in [-0.15, -0.1) is 0 Å². The number of sulfonamides is 1. The van der Waals surface area contributed by atoms with E-state index in [1.807, 2.05) is 0 Å². The van der Waals surface area contributed by atoms with Crippen molar-refractivity contribution in [2.45, 2.75) is 30.2 Å². The lowest BCUT2D eigenvalue weighted by atomic mass is 10.0. The maximum Gasteiger partial charge on any atom is 0.251 e. The third kappa shape index (κ3) is 2.68. The molecular weight excluding hydrogens is 290 g/mol. The molecule has 1 aromatic rings. The standard InChI is InChI=1S/C14H19N3O3S/c15-11-4-7-17(8-5-11)21(19,20)12-2-1-10-3-6-16-14(18)13(10)9-12/h1-2,9,11H,3-8,15H2,(H,16,18). The molecule has 114 valence electrons. The van der Waals surface area contributed by atoms with Gasteiger partial charge in [-0.3, -0.25) is 4.79 Å². The van der Waals surface area contributed by atoms with Crippen molar-refractivity contribution in [3.8, 4) is 0 Å². The van der Waals surface area contributed by atoms with Crippen LogP contribution in [0.3, 0.4) is 0 Å². The van der Waals surface area contributed by atoms with Gasteiger partial charge in [0.05, 0.1) is 4.90 Å². The van der Waals surface area contributed by atoms with Gasteiger partial charge in [-0.05, 0) is 37.0 Å². The van der Waals surface area contributed by atoms with Gasteiger partial charge in [0.1, 0.15) is 0 Å². The van der Waals surface area contributed by atoms with Crippen LogP contribution in [0.5, 0.6) is 0 Å². The van der Waals surface area contributed by atoms with Crippen molar-refractivity contribution in [3.63, 3.8) is 0 Å². The third-order valence-corrected chi connectivity index (χ3v) is 6.04. The minimum absolute atomic E-state index is 0.0748. The molecule has 0 atom stereocenters. The Morgan fingerprint density at radius 2 is 1.95 bits per heavy atom. The van der Waals surface area contributed by atoms with Crippen molar-refractivity contribution < 1.29 is 13.2 Å². The number of amides is 1. The average Bonchev–Trinajstić information content (AvgIpc) is 2.48. The Morgan fingerprint density at radius 1 is 1.24 bits per heavy atom. The van der Waals surface area contributed by atoms with Crippen molar-refractivity contribution in [1.82, 2.24) is 9.62 Å². The van der Waals surface area contributed by atoms with E-state index in [1.54, 1.807) is 12.1 Å². The molecule has 0 unspecified atom stereocenters. The maximum absolute atomic E-state index is 12.6. The molecule has 3 rings (SSSR count). The molecule has 2 aliphatic heterocycles. The number of nitrogens with zero attached hydrogens (tertiary/aromatic N) is 1. The van der Waals surface area contributed by atoms with Gasteiger partial charge in [0.2, 0.25) is 10.0 Å². The third-order valence-electron chi connectivity index (χ3n) is 4.14. The molecule has 21 heavy (non-hydrogen) atoms. The summed E-state index contributed by atoms with van der Waals surface area (Å²) in [7, 11) is -3.54. The molecular formula is C14H19N3O3S. The first-order chi connectivity index (χ1) is 9.98. The molecule has 0 spiro atoms. The summed E-state index contributed by atoms with van der Waals surface area (Å²) < 4.78 is 26.7. The van der Waals surface area contributed by atoms with Crippen LogP contribution in [0.2, 0.25) is 0 Å². The second kappa shape index (κ2) is 5.40. The Morgan fingerprint density at radius 3 is 2.67 bits per heavy atom. The zero-order valence-electron chi connectivity index (χ0n) is 11.7. The highest BCUT2D eigenvalue weighted by Gasteiger charge is 2.29. The maximum atomic E-state index is 12.6. The van der Waals surface area contributed by atoms with E-state index in [-0.39, 0.29) is 16.8 Å². The average molecular weight is 309 g/mol. The molecule has 3 N–H and O–H groups in total. The first kappa shape index (κ1) is 14.5. The smallest absolute Gasteiger partial charge is 0.251 e. The van der Waals surface area contributed by atoms with Crippen molar-refractivity contribution in [2.24, 2.45) is 5.73 Å². The summed E-state index contributed by atoms with van der Waals surface area (Å²) in [6.07, 6.45) is 2.08. The summed E-state index contributed by atoms with van der Waals surface area (Å²) in [6.45, 7) is 1.47. The molecule has 7 heteroatoms. The lowest BCUT2D eigenvalue weighted by Gasteiger charge is -2.29. The fourth-order valence-corrected chi connectivity index (χ4v) is 4.31. The van der Waals surface area contributed by atoms with Crippen molar-refractivity contribution in [1.29, 1.82) is 0 Å². The number of hydrogen-bond acceptors (Lipinski definition) is 4. The highest BCUT2D eigenvalue weighted by Crippen LogP contribution is 2.24. The Hall–Kier alpha value is -1.44. The van der Waals surface area contributed by atoms with Gasteiger partial charge in [-0.1, -0.05) is 6.07 Å².